The summed E-state index contributed by atoms with van der Waals surface area (Å²) in [5.74, 6) is -2.26. The van der Waals surface area contributed by atoms with Crippen molar-refractivity contribution in [2.45, 2.75) is 64.2 Å². The van der Waals surface area contributed by atoms with Gasteiger partial charge in [-0.15, -0.1) is 0 Å². The van der Waals surface area contributed by atoms with Crippen LogP contribution in [-0.4, -0.2) is 17.0 Å². The summed E-state index contributed by atoms with van der Waals surface area (Å²) < 4.78 is 0. The third kappa shape index (κ3) is 3.44. The number of quaternary nitrogens is 1. The lowest BCUT2D eigenvalue weighted by atomic mass is 9.54. The van der Waals surface area contributed by atoms with Crippen molar-refractivity contribution in [2.75, 3.05) is 4.90 Å². The van der Waals surface area contributed by atoms with E-state index in [4.69, 9.17) is 0 Å². The molecule has 6 nitrogen and oxygen atoms in total. The molecule has 0 radical (unpaired) electrons. The lowest BCUT2D eigenvalue weighted by Gasteiger charge is -2.47. The van der Waals surface area contributed by atoms with Gasteiger partial charge in [-0.25, -0.2) is 10.1 Å². The van der Waals surface area contributed by atoms with Crippen LogP contribution in [0.25, 0.3) is 0 Å². The highest BCUT2D eigenvalue weighted by Crippen LogP contribution is 2.62. The Hall–Kier alpha value is -3.32. The quantitative estimate of drug-likeness (QED) is 0.372. The van der Waals surface area contributed by atoms with Crippen LogP contribution in [0.3, 0.4) is 0 Å². The molecule has 1 aliphatic heterocycles. The fraction of sp³-hybridized carbons (Fsp3) is 0.375. The van der Waals surface area contributed by atoms with Gasteiger partial charge in [-0.3, -0.25) is 9.59 Å². The monoisotopic (exact) mass is 510 g/mol. The minimum atomic E-state index is -1.16. The van der Waals surface area contributed by atoms with Gasteiger partial charge in [0.2, 0.25) is 11.8 Å². The fourth-order valence-electron chi connectivity index (χ4n) is 6.80. The van der Waals surface area contributed by atoms with E-state index < -0.39 is 17.1 Å². The van der Waals surface area contributed by atoms with Gasteiger partial charge in [0.25, 0.3) is 0 Å². The highest BCUT2D eigenvalue weighted by atomic mass is 16.8. The maximum absolute atomic E-state index is 14.2. The van der Waals surface area contributed by atoms with E-state index in [0.717, 1.165) is 27.2 Å². The second kappa shape index (κ2) is 8.09. The number of hydrogen-bond donors (Lipinski definition) is 2. The molecule has 3 aliphatic carbocycles. The molecule has 1 fully saturated rings. The zero-order valence-corrected chi connectivity index (χ0v) is 22.7. The van der Waals surface area contributed by atoms with Crippen molar-refractivity contribution in [3.63, 3.8) is 0 Å². The lowest BCUT2D eigenvalue weighted by Crippen LogP contribution is -2.99. The standard InChI is InChI=1S/C32H34N2O4/c1-31(2,3)17-11-13-19-21(15-17)25-20-14-12-18(32(4,5)6)16-22(20)26(19)28-27(25)29(35)33(30(28)36)23-9-7-8-10-24(23)34(37)38/h7-16,25-28,34,37H,1-6H3/t25-,26+,27+,28-. The first-order valence-corrected chi connectivity index (χ1v) is 13.3. The highest BCUT2D eigenvalue weighted by molar-refractivity contribution is 6.24. The fourth-order valence-corrected chi connectivity index (χ4v) is 6.80. The van der Waals surface area contributed by atoms with Crippen LogP contribution in [0.2, 0.25) is 0 Å². The van der Waals surface area contributed by atoms with Gasteiger partial charge in [0.1, 0.15) is 5.69 Å². The molecule has 1 saturated heterocycles. The number of carbonyl (C=O) groups is 2. The van der Waals surface area contributed by atoms with E-state index in [1.54, 1.807) is 18.2 Å². The Kier molecular flexibility index (Phi) is 5.32. The second-order valence-electron chi connectivity index (χ2n) is 13.0. The van der Waals surface area contributed by atoms with Crippen LogP contribution < -0.4 is 10.1 Å². The van der Waals surface area contributed by atoms with Crippen LogP contribution in [0.15, 0.2) is 60.7 Å². The molecule has 2 bridgehead atoms. The molecular weight excluding hydrogens is 476 g/mol. The van der Waals surface area contributed by atoms with Crippen LogP contribution in [-0.2, 0) is 20.4 Å². The molecule has 7 rings (SSSR count). The summed E-state index contributed by atoms with van der Waals surface area (Å²) in [4.78, 5) is 29.5. The molecule has 196 valence electrons. The Morgan fingerprint density at radius 2 is 1.16 bits per heavy atom. The molecule has 2 N–H and O–H groups in total. The predicted molar refractivity (Wildman–Crippen MR) is 146 cm³/mol. The largest absolute Gasteiger partial charge is 0.595 e. The van der Waals surface area contributed by atoms with Crippen molar-refractivity contribution in [1.82, 2.24) is 0 Å². The summed E-state index contributed by atoms with van der Waals surface area (Å²) >= 11 is 0. The molecule has 5 atom stereocenters. The minimum absolute atomic E-state index is 0.0414. The number of nitrogens with zero attached hydrogens (tertiary/aromatic N) is 1. The maximum Gasteiger partial charge on any atom is 0.238 e. The van der Waals surface area contributed by atoms with Crippen LogP contribution in [0.1, 0.15) is 86.8 Å². The Balaban J connectivity index is 1.58. The number of para-hydroxylation sites is 2. The van der Waals surface area contributed by atoms with E-state index in [0.29, 0.717) is 0 Å². The second-order valence-corrected chi connectivity index (χ2v) is 13.0. The summed E-state index contributed by atoms with van der Waals surface area (Å²) in [6.07, 6.45) is 0. The number of hydrogen-bond acceptors (Lipinski definition) is 4. The van der Waals surface area contributed by atoms with Crippen LogP contribution in [0.5, 0.6) is 0 Å². The molecule has 0 saturated carbocycles. The SMILES string of the molecule is CC(C)(C)c1ccc2c(c1)[C@@H]1c3ccc(C(C)(C)C)cc3[C@@H]2[C@@H]2C(=O)N(c3ccccc3[NH+]([O-])O)C(=O)[C@H]12. The normalized spacial score (nSPS) is 24.8. The number of amides is 2. The Morgan fingerprint density at radius 1 is 0.711 bits per heavy atom. The summed E-state index contributed by atoms with van der Waals surface area (Å²) in [7, 11) is 0. The van der Waals surface area contributed by atoms with Crippen molar-refractivity contribution in [2.24, 2.45) is 11.8 Å². The summed E-state index contributed by atoms with van der Waals surface area (Å²) in [6.45, 7) is 13.1. The zero-order valence-electron chi connectivity index (χ0n) is 22.7. The first-order chi connectivity index (χ1) is 17.8. The third-order valence-corrected chi connectivity index (χ3v) is 8.74. The van der Waals surface area contributed by atoms with Gasteiger partial charge in [0, 0.05) is 17.9 Å². The lowest BCUT2D eigenvalue weighted by molar-refractivity contribution is -0.990. The number of carbonyl (C=O) groups excluding carboxylic acids is 2. The van der Waals surface area contributed by atoms with E-state index in [1.165, 1.54) is 17.2 Å². The Morgan fingerprint density at radius 3 is 1.58 bits per heavy atom. The third-order valence-electron chi connectivity index (χ3n) is 8.74. The van der Waals surface area contributed by atoms with Gasteiger partial charge < -0.3 is 5.21 Å². The number of nitrogens with one attached hydrogen (secondary N) is 1. The molecule has 4 aliphatic rings. The summed E-state index contributed by atoms with van der Waals surface area (Å²) in [6, 6.07) is 19.4. The van der Waals surface area contributed by atoms with Crippen molar-refractivity contribution in [3.05, 3.63) is 99.3 Å². The van der Waals surface area contributed by atoms with E-state index >= 15 is 0 Å². The molecule has 1 unspecified atom stereocenters. The maximum atomic E-state index is 14.2. The van der Waals surface area contributed by atoms with Gasteiger partial charge in [-0.1, -0.05) is 90.1 Å². The average molecular weight is 511 g/mol. The molecular formula is C32H34N2O4. The molecule has 1 heterocycles. The predicted octanol–water partition coefficient (Wildman–Crippen LogP) is 5.08. The van der Waals surface area contributed by atoms with Crippen LogP contribution in [0.4, 0.5) is 11.4 Å². The van der Waals surface area contributed by atoms with E-state index in [1.807, 2.05) is 0 Å². The van der Waals surface area contributed by atoms with E-state index in [2.05, 4.69) is 77.9 Å². The van der Waals surface area contributed by atoms with Gasteiger partial charge in [-0.05, 0) is 50.3 Å². The summed E-state index contributed by atoms with van der Waals surface area (Å²) in [5.41, 5.74) is 6.83. The van der Waals surface area contributed by atoms with Crippen molar-refractivity contribution in [1.29, 1.82) is 0 Å². The zero-order chi connectivity index (χ0) is 27.3. The number of anilines is 1. The van der Waals surface area contributed by atoms with E-state index in [-0.39, 0.29) is 45.9 Å². The summed E-state index contributed by atoms with van der Waals surface area (Å²) in [5, 5.41) is 20.7. The number of benzene rings is 3. The Bertz CT molecular complexity index is 1410. The van der Waals surface area contributed by atoms with Crippen LogP contribution >= 0.6 is 0 Å². The van der Waals surface area contributed by atoms with Crippen LogP contribution in [0, 0.1) is 17.0 Å². The number of rotatable bonds is 2. The molecule has 6 heteroatoms. The van der Waals surface area contributed by atoms with Gasteiger partial charge >= 0.3 is 0 Å². The molecule has 38 heavy (non-hydrogen) atoms. The number of imide groups is 1. The highest BCUT2D eigenvalue weighted by Gasteiger charge is 2.62. The first kappa shape index (κ1) is 25.0. The van der Waals surface area contributed by atoms with Gasteiger partial charge in [-0.2, -0.15) is 5.23 Å². The molecule has 0 spiro atoms. The average Bonchev–Trinajstić information content (AvgIpc) is 3.12. The topological polar surface area (TPSA) is 85.1 Å². The molecule has 3 aromatic rings. The smallest absolute Gasteiger partial charge is 0.238 e. The molecule has 2 amide bonds. The van der Waals surface area contributed by atoms with Gasteiger partial charge in [0.15, 0.2) is 5.69 Å². The van der Waals surface area contributed by atoms with Crippen molar-refractivity contribution < 1.29 is 20.0 Å². The first-order valence-electron chi connectivity index (χ1n) is 13.3. The Labute approximate surface area is 223 Å². The van der Waals surface area contributed by atoms with Crippen molar-refractivity contribution in [3.8, 4) is 0 Å². The molecule has 3 aromatic carbocycles. The minimum Gasteiger partial charge on any atom is -0.595 e. The van der Waals surface area contributed by atoms with E-state index in [9.17, 15) is 20.0 Å². The molecule has 0 aromatic heterocycles. The van der Waals surface area contributed by atoms with Crippen molar-refractivity contribution >= 4 is 23.2 Å². The van der Waals surface area contributed by atoms with Gasteiger partial charge in [0.05, 0.1) is 11.8 Å².